The van der Waals surface area contributed by atoms with E-state index >= 15 is 0 Å². The summed E-state index contributed by atoms with van der Waals surface area (Å²) < 4.78 is 55.6. The summed E-state index contributed by atoms with van der Waals surface area (Å²) in [5.74, 6) is -2.25. The monoisotopic (exact) mass is 702 g/mol. The van der Waals surface area contributed by atoms with E-state index in [0.717, 1.165) is 38.2 Å². The van der Waals surface area contributed by atoms with E-state index in [9.17, 15) is 31.9 Å². The molecule has 0 unspecified atom stereocenters. The van der Waals surface area contributed by atoms with Crippen LogP contribution in [0.4, 0.5) is 23.2 Å². The number of carbonyl (C=O) groups is 3. The lowest BCUT2D eigenvalue weighted by atomic mass is 9.96. The van der Waals surface area contributed by atoms with Crippen LogP contribution in [0.15, 0.2) is 36.5 Å². The number of carbonyl (C=O) groups excluding carboxylic acids is 3. The highest BCUT2D eigenvalue weighted by Crippen LogP contribution is 2.40. The molecule has 2 aliphatic rings. The number of aromatic amines is 2. The zero-order chi connectivity index (χ0) is 34.9. The van der Waals surface area contributed by atoms with Crippen LogP contribution in [0, 0.1) is 11.9 Å². The van der Waals surface area contributed by atoms with Gasteiger partial charge in [-0.3, -0.25) is 19.5 Å². The van der Waals surface area contributed by atoms with Crippen LogP contribution in [0.1, 0.15) is 45.1 Å². The molecule has 2 saturated heterocycles. The fourth-order valence-corrected chi connectivity index (χ4v) is 6.15. The number of nitrogen functional groups attached to an aromatic ring is 1. The van der Waals surface area contributed by atoms with E-state index in [1.54, 1.807) is 17.0 Å². The predicted octanol–water partition coefficient (Wildman–Crippen LogP) is 3.47. The van der Waals surface area contributed by atoms with Gasteiger partial charge in [-0.15, -0.1) is 0 Å². The molecule has 13 nitrogen and oxygen atoms in total. The predicted molar refractivity (Wildman–Crippen MR) is 169 cm³/mol. The molecule has 2 aliphatic heterocycles. The normalized spacial score (nSPS) is 15.8. The molecule has 6 rings (SSSR count). The molecular formula is C31H31ClF4N10O3. The van der Waals surface area contributed by atoms with Crippen molar-refractivity contribution in [2.75, 3.05) is 45.0 Å². The topological polar surface area (TPSA) is 178 Å². The van der Waals surface area contributed by atoms with E-state index in [0.29, 0.717) is 31.7 Å². The van der Waals surface area contributed by atoms with Gasteiger partial charge in [-0.25, -0.2) is 9.97 Å². The van der Waals surface area contributed by atoms with Gasteiger partial charge in [-0.2, -0.15) is 22.7 Å². The van der Waals surface area contributed by atoms with Crippen molar-refractivity contribution in [1.82, 2.24) is 45.6 Å². The van der Waals surface area contributed by atoms with Gasteiger partial charge >= 0.3 is 6.18 Å². The zero-order valence-electron chi connectivity index (χ0n) is 25.8. The number of aromatic nitrogens is 5. The molecule has 258 valence electrons. The summed E-state index contributed by atoms with van der Waals surface area (Å²) in [7, 11) is 0. The summed E-state index contributed by atoms with van der Waals surface area (Å²) in [5, 5.41) is 11.6. The number of rotatable bonds is 7. The van der Waals surface area contributed by atoms with Gasteiger partial charge in [0.1, 0.15) is 11.4 Å². The lowest BCUT2D eigenvalue weighted by Crippen LogP contribution is -2.52. The minimum atomic E-state index is -4.88. The number of nitrogens with zero attached hydrogens (tertiary/aromatic N) is 5. The third kappa shape index (κ3) is 7.22. The van der Waals surface area contributed by atoms with E-state index in [1.165, 1.54) is 12.1 Å². The first-order chi connectivity index (χ1) is 23.4. The number of H-pyrrole nitrogens is 2. The molecular weight excluding hydrogens is 672 g/mol. The Morgan fingerprint density at radius 3 is 2.43 bits per heavy atom. The Kier molecular flexibility index (Phi) is 9.56. The smallest absolute Gasteiger partial charge is 0.395 e. The summed E-state index contributed by atoms with van der Waals surface area (Å²) in [5.41, 5.74) is 3.42. The first-order valence-corrected chi connectivity index (χ1v) is 15.8. The minimum absolute atomic E-state index is 0.0114. The third-order valence-corrected chi connectivity index (χ3v) is 8.83. The van der Waals surface area contributed by atoms with Gasteiger partial charge in [0.05, 0.1) is 39.4 Å². The molecule has 6 N–H and O–H groups in total. The molecule has 0 saturated carbocycles. The maximum Gasteiger partial charge on any atom is 0.433 e. The zero-order valence-corrected chi connectivity index (χ0v) is 26.6. The highest BCUT2D eigenvalue weighted by atomic mass is 35.5. The van der Waals surface area contributed by atoms with Crippen LogP contribution < -0.4 is 16.4 Å². The number of nitrogens with two attached hydrogens (primary N) is 1. The maximum atomic E-state index is 14.0. The van der Waals surface area contributed by atoms with E-state index < -0.39 is 29.3 Å². The fraction of sp³-hybridized carbons (Fsp3) is 0.355. The summed E-state index contributed by atoms with van der Waals surface area (Å²) in [4.78, 5) is 52.6. The van der Waals surface area contributed by atoms with Crippen LogP contribution >= 0.6 is 11.6 Å². The first kappa shape index (κ1) is 33.9. The Labute approximate surface area is 281 Å². The largest absolute Gasteiger partial charge is 0.433 e. The number of piperidine rings is 1. The Bertz CT molecular complexity index is 1880. The number of nitrogens with one attached hydrogen (secondary N) is 4. The molecule has 1 aromatic carbocycles. The summed E-state index contributed by atoms with van der Waals surface area (Å²) in [6, 6.07) is 7.06. The van der Waals surface area contributed by atoms with Crippen molar-refractivity contribution in [2.24, 2.45) is 5.92 Å². The number of anilines is 1. The second-order valence-corrected chi connectivity index (χ2v) is 12.1. The second kappa shape index (κ2) is 13.8. The van der Waals surface area contributed by atoms with Crippen LogP contribution in [0.2, 0.25) is 5.02 Å². The van der Waals surface area contributed by atoms with Crippen LogP contribution in [-0.4, -0.2) is 91.9 Å². The first-order valence-electron chi connectivity index (χ1n) is 15.4. The van der Waals surface area contributed by atoms with Gasteiger partial charge in [0, 0.05) is 38.6 Å². The number of benzene rings is 1. The van der Waals surface area contributed by atoms with Crippen molar-refractivity contribution in [3.63, 3.8) is 0 Å². The standard InChI is InChI=1S/C31H31ClF4N10O3/c32-19-13-16(1-2-18(19)30(49)46-11-9-45(10-12-46)29(48)17-5-7-38-8-6-17)14-40-28(47)27-39-15-22(42-27)23-24(43-44-25(23)31(34,35)36)21-4-3-20(37)26(33)41-21/h1-4,13,15,17,38H,5-12,14,37H2,(H,39,42)(H,40,47)(H,43,44). The average molecular weight is 703 g/mol. The van der Waals surface area contributed by atoms with E-state index in [4.69, 9.17) is 17.3 Å². The van der Waals surface area contributed by atoms with Crippen LogP contribution in [0.5, 0.6) is 0 Å². The van der Waals surface area contributed by atoms with Gasteiger partial charge in [-0.1, -0.05) is 17.7 Å². The molecule has 3 amide bonds. The van der Waals surface area contributed by atoms with Crippen molar-refractivity contribution < 1.29 is 31.9 Å². The summed E-state index contributed by atoms with van der Waals surface area (Å²) >= 11 is 6.47. The molecule has 5 heterocycles. The van der Waals surface area contributed by atoms with Gasteiger partial charge in [0.15, 0.2) is 5.82 Å². The fourth-order valence-electron chi connectivity index (χ4n) is 5.87. The number of hydrogen-bond donors (Lipinski definition) is 5. The Morgan fingerprint density at radius 2 is 1.76 bits per heavy atom. The molecule has 0 spiro atoms. The number of halogens is 5. The quantitative estimate of drug-likeness (QED) is 0.144. The number of piperazine rings is 1. The number of hydrogen-bond acceptors (Lipinski definition) is 8. The summed E-state index contributed by atoms with van der Waals surface area (Å²) in [6.07, 6.45) is -2.24. The van der Waals surface area contributed by atoms with Crippen LogP contribution in [0.3, 0.4) is 0 Å². The lowest BCUT2D eigenvalue weighted by molar-refractivity contribution is -0.140. The van der Waals surface area contributed by atoms with Gasteiger partial charge in [0.2, 0.25) is 11.9 Å². The van der Waals surface area contributed by atoms with Gasteiger partial charge in [0.25, 0.3) is 11.8 Å². The second-order valence-electron chi connectivity index (χ2n) is 11.7. The molecule has 3 aromatic heterocycles. The minimum Gasteiger partial charge on any atom is -0.395 e. The Hall–Kier alpha value is -5.03. The van der Waals surface area contributed by atoms with E-state index in [1.807, 2.05) is 10.00 Å². The van der Waals surface area contributed by atoms with Gasteiger partial charge < -0.3 is 31.2 Å². The van der Waals surface area contributed by atoms with Crippen molar-refractivity contribution in [3.05, 3.63) is 70.1 Å². The third-order valence-electron chi connectivity index (χ3n) is 8.51. The van der Waals surface area contributed by atoms with Crippen molar-refractivity contribution >= 4 is 35.0 Å². The van der Waals surface area contributed by atoms with Crippen LogP contribution in [-0.2, 0) is 17.5 Å². The van der Waals surface area contributed by atoms with Crippen LogP contribution in [0.25, 0.3) is 22.6 Å². The van der Waals surface area contributed by atoms with Crippen molar-refractivity contribution in [3.8, 4) is 22.6 Å². The molecule has 2 fully saturated rings. The summed E-state index contributed by atoms with van der Waals surface area (Å²) in [6.45, 7) is 3.26. The number of pyridine rings is 1. The SMILES string of the molecule is Nc1ccc(-c2n[nH]c(C(F)(F)F)c2-c2cnc(C(=O)NCc3ccc(C(=O)N4CCN(C(=O)C5CCNCC5)CC4)c(Cl)c3)[nH]2)nc1F. The maximum absolute atomic E-state index is 14.0. The van der Waals surface area contributed by atoms with Crippen molar-refractivity contribution in [2.45, 2.75) is 25.6 Å². The number of imidazole rings is 1. The highest BCUT2D eigenvalue weighted by Gasteiger charge is 2.39. The molecule has 0 radical (unpaired) electrons. The van der Waals surface area contributed by atoms with Gasteiger partial charge in [-0.05, 0) is 55.8 Å². The molecule has 49 heavy (non-hydrogen) atoms. The molecule has 4 aromatic rings. The Morgan fingerprint density at radius 1 is 1.04 bits per heavy atom. The lowest BCUT2D eigenvalue weighted by Gasteiger charge is -2.37. The molecule has 18 heteroatoms. The average Bonchev–Trinajstić information content (AvgIpc) is 3.77. The number of alkyl halides is 3. The van der Waals surface area contributed by atoms with E-state index in [2.05, 4.69) is 30.7 Å². The number of amides is 3. The highest BCUT2D eigenvalue weighted by molar-refractivity contribution is 6.33. The molecule has 0 aliphatic carbocycles. The van der Waals surface area contributed by atoms with Crippen molar-refractivity contribution in [1.29, 1.82) is 0 Å². The molecule has 0 bridgehead atoms. The molecule has 0 atom stereocenters. The van der Waals surface area contributed by atoms with E-state index in [-0.39, 0.29) is 63.5 Å². The Balaban J connectivity index is 1.09.